The van der Waals surface area contributed by atoms with Gasteiger partial charge in [-0.3, -0.25) is 4.68 Å². The third kappa shape index (κ3) is 3.89. The summed E-state index contributed by atoms with van der Waals surface area (Å²) in [5.74, 6) is 0.0638. The Bertz CT molecular complexity index is 1100. The minimum absolute atomic E-state index is 0.0638. The number of rotatable bonds is 6. The van der Waals surface area contributed by atoms with Gasteiger partial charge in [-0.15, -0.1) is 4.40 Å². The summed E-state index contributed by atoms with van der Waals surface area (Å²) < 4.78 is 37.7. The second-order valence-electron chi connectivity index (χ2n) is 8.54. The average Bonchev–Trinajstić information content (AvgIpc) is 3.40. The van der Waals surface area contributed by atoms with E-state index in [1.165, 1.54) is 22.0 Å². The molecule has 31 heavy (non-hydrogen) atoms. The number of nitrogens with zero attached hydrogens (tertiary/aromatic N) is 4. The molecule has 166 valence electrons. The second-order valence-corrected chi connectivity index (χ2v) is 10.1. The smallest absolute Gasteiger partial charge is 0.345 e. The highest BCUT2D eigenvalue weighted by Gasteiger charge is 2.30. The van der Waals surface area contributed by atoms with Gasteiger partial charge in [-0.25, -0.2) is 4.31 Å². The third-order valence-corrected chi connectivity index (χ3v) is 7.61. The van der Waals surface area contributed by atoms with Crippen molar-refractivity contribution in [3.8, 4) is 0 Å². The van der Waals surface area contributed by atoms with E-state index in [-0.39, 0.29) is 12.5 Å². The van der Waals surface area contributed by atoms with E-state index in [1.54, 1.807) is 13.2 Å². The first-order valence-electron chi connectivity index (χ1n) is 10.7. The van der Waals surface area contributed by atoms with E-state index in [0.717, 1.165) is 59.6 Å². The zero-order chi connectivity index (χ0) is 21.6. The van der Waals surface area contributed by atoms with Gasteiger partial charge in [0.15, 0.2) is 0 Å². The van der Waals surface area contributed by atoms with Crippen molar-refractivity contribution >= 4 is 27.6 Å². The number of nitrogens with one attached hydrogen (secondary N) is 1. The number of amidine groups is 1. The molecule has 5 rings (SSSR count). The predicted molar refractivity (Wildman–Crippen MR) is 115 cm³/mol. The van der Waals surface area contributed by atoms with Gasteiger partial charge in [0.05, 0.1) is 31.1 Å². The van der Waals surface area contributed by atoms with Crippen LogP contribution < -0.4 is 14.7 Å². The van der Waals surface area contributed by atoms with Gasteiger partial charge in [0.2, 0.25) is 0 Å². The van der Waals surface area contributed by atoms with Crippen LogP contribution in [0.1, 0.15) is 35.1 Å². The van der Waals surface area contributed by atoms with Crippen molar-refractivity contribution in [1.82, 2.24) is 9.78 Å². The molecule has 1 saturated heterocycles. The first-order chi connectivity index (χ1) is 14.9. The van der Waals surface area contributed by atoms with Crippen LogP contribution in [0.3, 0.4) is 0 Å². The summed E-state index contributed by atoms with van der Waals surface area (Å²) in [6, 6.07) is 1.41. The molecule has 1 aromatic carbocycles. The molecule has 10 heteroatoms. The summed E-state index contributed by atoms with van der Waals surface area (Å²) in [6.07, 6.45) is 8.95. The Hall–Kier alpha value is -2.59. The molecular formula is C21H26N5O4S-. The topological polar surface area (TPSA) is 112 Å². The number of ether oxygens (including phenoxy) is 1. The van der Waals surface area contributed by atoms with Crippen molar-refractivity contribution in [2.24, 2.45) is 17.4 Å². The first kappa shape index (κ1) is 20.3. The molecule has 0 spiro atoms. The largest absolute Gasteiger partial charge is 0.845 e. The maximum atomic E-state index is 13.1. The highest BCUT2D eigenvalue weighted by molar-refractivity contribution is 7.91. The fraction of sp³-hybridized carbons (Fsp3) is 0.524. The summed E-state index contributed by atoms with van der Waals surface area (Å²) >= 11 is 0. The number of anilines is 2. The normalized spacial score (nSPS) is 18.5. The lowest BCUT2D eigenvalue weighted by Crippen LogP contribution is -2.43. The minimum Gasteiger partial charge on any atom is -0.845 e. The van der Waals surface area contributed by atoms with Gasteiger partial charge in [0, 0.05) is 31.4 Å². The van der Waals surface area contributed by atoms with E-state index in [1.807, 2.05) is 0 Å². The van der Waals surface area contributed by atoms with Crippen molar-refractivity contribution in [3.05, 3.63) is 40.7 Å². The Balaban J connectivity index is 1.45. The Kier molecular flexibility index (Phi) is 5.13. The van der Waals surface area contributed by atoms with Crippen molar-refractivity contribution in [2.75, 3.05) is 29.4 Å². The molecule has 1 fully saturated rings. The van der Waals surface area contributed by atoms with Gasteiger partial charge in [0.25, 0.3) is 0 Å². The number of benzene rings is 1. The molecule has 2 aromatic rings. The molecule has 0 bridgehead atoms. The minimum atomic E-state index is -4.24. The van der Waals surface area contributed by atoms with Crippen LogP contribution in [0.25, 0.3) is 0 Å². The van der Waals surface area contributed by atoms with Gasteiger partial charge in [-0.2, -0.15) is 13.5 Å². The molecule has 2 aliphatic carbocycles. The van der Waals surface area contributed by atoms with Gasteiger partial charge < -0.3 is 15.2 Å². The number of aromatic nitrogens is 2. The Labute approximate surface area is 181 Å². The van der Waals surface area contributed by atoms with Crippen LogP contribution in [0.4, 0.5) is 11.4 Å². The SMILES string of the molecule is Cn1cc(N(CC2COC2)S(=O)(=O)/N=C(\[O-])Nc2c3c(cc4c2CCC4)CCC3)cn1. The lowest BCUT2D eigenvalue weighted by molar-refractivity contribution is -0.213. The highest BCUT2D eigenvalue weighted by atomic mass is 32.2. The molecule has 2 heterocycles. The van der Waals surface area contributed by atoms with Crippen LogP contribution in [-0.2, 0) is 47.7 Å². The van der Waals surface area contributed by atoms with E-state index in [0.29, 0.717) is 18.9 Å². The van der Waals surface area contributed by atoms with E-state index in [4.69, 9.17) is 4.74 Å². The molecule has 0 unspecified atom stereocenters. The molecule has 0 atom stereocenters. The van der Waals surface area contributed by atoms with E-state index < -0.39 is 16.2 Å². The summed E-state index contributed by atoms with van der Waals surface area (Å²) in [5.41, 5.74) is 5.97. The molecule has 1 aliphatic heterocycles. The highest BCUT2D eigenvalue weighted by Crippen LogP contribution is 2.38. The van der Waals surface area contributed by atoms with Crippen LogP contribution in [0.15, 0.2) is 22.9 Å². The molecule has 9 nitrogen and oxygen atoms in total. The monoisotopic (exact) mass is 444 g/mol. The zero-order valence-electron chi connectivity index (χ0n) is 17.5. The summed E-state index contributed by atoms with van der Waals surface area (Å²) in [5, 5.41) is 19.7. The predicted octanol–water partition coefficient (Wildman–Crippen LogP) is 0.923. The summed E-state index contributed by atoms with van der Waals surface area (Å²) in [6.45, 7) is 1.17. The van der Waals surface area contributed by atoms with Crippen LogP contribution in [0.2, 0.25) is 0 Å². The average molecular weight is 445 g/mol. The van der Waals surface area contributed by atoms with Crippen molar-refractivity contribution < 1.29 is 18.3 Å². The third-order valence-electron chi connectivity index (χ3n) is 6.29. The second kappa shape index (κ2) is 7.83. The number of hydrogen-bond acceptors (Lipinski definition) is 5. The Morgan fingerprint density at radius 1 is 1.26 bits per heavy atom. The molecule has 0 radical (unpaired) electrons. The van der Waals surface area contributed by atoms with Crippen molar-refractivity contribution in [2.45, 2.75) is 38.5 Å². The van der Waals surface area contributed by atoms with E-state index >= 15 is 0 Å². The van der Waals surface area contributed by atoms with E-state index in [9.17, 15) is 13.5 Å². The van der Waals surface area contributed by atoms with Crippen molar-refractivity contribution in [3.63, 3.8) is 0 Å². The molecule has 1 aromatic heterocycles. The summed E-state index contributed by atoms with van der Waals surface area (Å²) in [4.78, 5) is 0. The van der Waals surface area contributed by atoms with Crippen LogP contribution in [0.5, 0.6) is 0 Å². The van der Waals surface area contributed by atoms with Crippen LogP contribution in [-0.4, -0.2) is 44.0 Å². The number of aryl methyl sites for hydroxylation is 3. The molecule has 0 amide bonds. The molecule has 3 aliphatic rings. The molecule has 1 N–H and O–H groups in total. The quantitative estimate of drug-likeness (QED) is 0.524. The zero-order valence-corrected chi connectivity index (χ0v) is 18.3. The van der Waals surface area contributed by atoms with Gasteiger partial charge in [-0.05, 0) is 60.8 Å². The lowest BCUT2D eigenvalue weighted by Gasteiger charge is -2.31. The van der Waals surface area contributed by atoms with Gasteiger partial charge in [0.1, 0.15) is 0 Å². The van der Waals surface area contributed by atoms with Gasteiger partial charge in [-0.1, -0.05) is 6.07 Å². The fourth-order valence-corrected chi connectivity index (χ4v) is 5.86. The standard InChI is InChI=1S/C21H27N5O4S/c1-25-11-17(9-22-25)26(10-14-12-30-13-14)31(28,29)24-21(27)23-20-18-6-2-4-15(18)8-16-5-3-7-19(16)20/h8-9,11,14H,2-7,10,12-13H2,1H3,(H2,23,24,27)/p-1. The Morgan fingerprint density at radius 3 is 2.48 bits per heavy atom. The maximum absolute atomic E-state index is 13.1. The number of fused-ring (bicyclic) bond motifs is 2. The van der Waals surface area contributed by atoms with Crippen molar-refractivity contribution in [1.29, 1.82) is 0 Å². The lowest BCUT2D eigenvalue weighted by atomic mass is 9.99. The van der Waals surface area contributed by atoms with Gasteiger partial charge >= 0.3 is 10.2 Å². The Morgan fingerprint density at radius 2 is 1.94 bits per heavy atom. The maximum Gasteiger partial charge on any atom is 0.345 e. The molecular weight excluding hydrogens is 418 g/mol. The van der Waals surface area contributed by atoms with Crippen LogP contribution in [0, 0.1) is 5.92 Å². The van der Waals surface area contributed by atoms with E-state index in [2.05, 4.69) is 20.9 Å². The van der Waals surface area contributed by atoms with Crippen LogP contribution >= 0.6 is 0 Å². The number of hydrogen-bond donors (Lipinski definition) is 1. The summed E-state index contributed by atoms with van der Waals surface area (Å²) in [7, 11) is -2.53. The fourth-order valence-electron chi connectivity index (χ4n) is 4.75. The molecule has 0 saturated carbocycles. The first-order valence-corrected chi connectivity index (χ1v) is 12.1.